The number of phenolic OH excluding ortho intramolecular Hbond substituents is 1. The first kappa shape index (κ1) is 37.7. The molecule has 3 aliphatic carbocycles. The van der Waals surface area contributed by atoms with E-state index in [-0.39, 0.29) is 71.8 Å². The summed E-state index contributed by atoms with van der Waals surface area (Å²) in [5.41, 5.74) is 7.15. The van der Waals surface area contributed by atoms with Crippen LogP contribution in [0.5, 0.6) is 11.5 Å². The van der Waals surface area contributed by atoms with E-state index in [1.165, 1.54) is 6.07 Å². The first-order valence-electron chi connectivity index (χ1n) is 18.5. The average molecular weight is 774 g/mol. The summed E-state index contributed by atoms with van der Waals surface area (Å²) in [6, 6.07) is 12.1. The minimum Gasteiger partial charge on any atom is -0.507 e. The van der Waals surface area contributed by atoms with Crippen LogP contribution in [0.3, 0.4) is 0 Å². The molecular weight excluding hydrogens is 731 g/mol. The SMILES string of the molecule is Nc1nnc(-c2ccccc2O)cc1OCC1CC2(C(=O)NCCCCS(=O)(=O)CCCNc3cccc4c3C(=O)N(C3CCC(=O)NC3=O)C4=O)CC1C2. The lowest BCUT2D eigenvalue weighted by Crippen LogP contribution is -2.54. The third kappa shape index (κ3) is 7.70. The number of nitrogen functional groups attached to an aromatic ring is 1. The molecule has 5 amide bonds. The molecular formula is C38H43N7O9S. The highest BCUT2D eigenvalue weighted by Crippen LogP contribution is 2.62. The highest BCUT2D eigenvalue weighted by atomic mass is 32.2. The molecule has 3 saturated carbocycles. The van der Waals surface area contributed by atoms with Crippen LogP contribution in [0.4, 0.5) is 11.5 Å². The molecule has 16 nitrogen and oxygen atoms in total. The molecule has 0 radical (unpaired) electrons. The van der Waals surface area contributed by atoms with Crippen molar-refractivity contribution in [3.63, 3.8) is 0 Å². The van der Waals surface area contributed by atoms with Gasteiger partial charge in [0.2, 0.25) is 17.7 Å². The van der Waals surface area contributed by atoms with E-state index >= 15 is 0 Å². The molecule has 2 aromatic carbocycles. The molecule has 8 rings (SSSR count). The van der Waals surface area contributed by atoms with Crippen molar-refractivity contribution >= 4 is 50.9 Å². The van der Waals surface area contributed by atoms with Crippen molar-refractivity contribution in [1.29, 1.82) is 0 Å². The number of para-hydroxylation sites is 1. The van der Waals surface area contributed by atoms with Crippen molar-refractivity contribution < 1.29 is 42.2 Å². The summed E-state index contributed by atoms with van der Waals surface area (Å²) in [5, 5.41) is 26.5. The van der Waals surface area contributed by atoms with Crippen molar-refractivity contribution in [2.45, 2.75) is 57.4 Å². The molecule has 2 unspecified atom stereocenters. The molecule has 2 bridgehead atoms. The van der Waals surface area contributed by atoms with Crippen LogP contribution >= 0.6 is 0 Å². The number of carbonyl (C=O) groups excluding carboxylic acids is 5. The van der Waals surface area contributed by atoms with E-state index in [9.17, 15) is 37.5 Å². The maximum atomic E-state index is 13.3. The molecule has 17 heteroatoms. The largest absolute Gasteiger partial charge is 0.507 e. The summed E-state index contributed by atoms with van der Waals surface area (Å²) in [5.74, 6) is -1.40. The number of nitrogens with zero attached hydrogens (tertiary/aromatic N) is 3. The fourth-order valence-electron chi connectivity index (χ4n) is 8.22. The van der Waals surface area contributed by atoms with Crippen molar-refractivity contribution in [3.8, 4) is 22.8 Å². The van der Waals surface area contributed by atoms with Crippen LogP contribution < -0.4 is 26.4 Å². The number of phenols is 1. The van der Waals surface area contributed by atoms with Gasteiger partial charge in [-0.1, -0.05) is 18.2 Å². The molecule has 2 aliphatic heterocycles. The number of aromatic nitrogens is 2. The predicted octanol–water partition coefficient (Wildman–Crippen LogP) is 2.44. The first-order chi connectivity index (χ1) is 26.4. The number of hydrogen-bond donors (Lipinski definition) is 5. The minimum absolute atomic E-state index is 0.0140. The van der Waals surface area contributed by atoms with Gasteiger partial charge in [-0.15, -0.1) is 10.2 Å². The van der Waals surface area contributed by atoms with Gasteiger partial charge in [0.15, 0.2) is 11.6 Å². The summed E-state index contributed by atoms with van der Waals surface area (Å²) in [6.45, 7) is 0.976. The van der Waals surface area contributed by atoms with Crippen molar-refractivity contribution in [2.24, 2.45) is 17.3 Å². The van der Waals surface area contributed by atoms with Crippen molar-refractivity contribution in [1.82, 2.24) is 25.7 Å². The molecule has 5 aliphatic rings. The van der Waals surface area contributed by atoms with Gasteiger partial charge < -0.3 is 26.2 Å². The van der Waals surface area contributed by atoms with Gasteiger partial charge in [-0.25, -0.2) is 8.42 Å². The number of anilines is 2. The summed E-state index contributed by atoms with van der Waals surface area (Å²) >= 11 is 0. The number of imide groups is 2. The molecule has 55 heavy (non-hydrogen) atoms. The van der Waals surface area contributed by atoms with Crippen LogP contribution in [-0.4, -0.2) is 95.4 Å². The number of nitrogens with two attached hydrogens (primary N) is 1. The third-order valence-corrected chi connectivity index (χ3v) is 12.9. The number of benzene rings is 2. The molecule has 3 heterocycles. The monoisotopic (exact) mass is 773 g/mol. The van der Waals surface area contributed by atoms with Gasteiger partial charge in [0.1, 0.15) is 27.3 Å². The van der Waals surface area contributed by atoms with Crippen molar-refractivity contribution in [2.75, 3.05) is 42.3 Å². The van der Waals surface area contributed by atoms with Gasteiger partial charge in [-0.3, -0.25) is 34.2 Å². The molecule has 2 atom stereocenters. The Labute approximate surface area is 317 Å². The second kappa shape index (κ2) is 15.3. The van der Waals surface area contributed by atoms with Crippen LogP contribution in [0.1, 0.15) is 72.1 Å². The first-order valence-corrected chi connectivity index (χ1v) is 20.3. The maximum Gasteiger partial charge on any atom is 0.264 e. The van der Waals surface area contributed by atoms with Gasteiger partial charge in [0, 0.05) is 36.8 Å². The quantitative estimate of drug-likeness (QED) is 0.104. The van der Waals surface area contributed by atoms with Crippen LogP contribution in [0, 0.1) is 17.3 Å². The Balaban J connectivity index is 0.807. The molecule has 290 valence electrons. The number of piperidine rings is 1. The van der Waals surface area contributed by atoms with E-state index in [4.69, 9.17) is 10.5 Å². The molecule has 1 aromatic heterocycles. The zero-order chi connectivity index (χ0) is 38.9. The van der Waals surface area contributed by atoms with Crippen LogP contribution in [0.2, 0.25) is 0 Å². The summed E-state index contributed by atoms with van der Waals surface area (Å²) in [6.07, 6.45) is 3.47. The van der Waals surface area contributed by atoms with Crippen LogP contribution in [0.25, 0.3) is 11.3 Å². The van der Waals surface area contributed by atoms with Gasteiger partial charge in [0.05, 0.1) is 34.7 Å². The lowest BCUT2D eigenvalue weighted by Gasteiger charge is -2.37. The van der Waals surface area contributed by atoms with Gasteiger partial charge in [0.25, 0.3) is 11.8 Å². The Morgan fingerprint density at radius 3 is 2.51 bits per heavy atom. The molecule has 1 saturated heterocycles. The third-order valence-electron chi connectivity index (χ3n) is 11.1. The number of fused-ring (bicyclic) bond motifs is 2. The lowest BCUT2D eigenvalue weighted by molar-refractivity contribution is -0.136. The zero-order valence-electron chi connectivity index (χ0n) is 30.1. The van der Waals surface area contributed by atoms with Gasteiger partial charge in [-0.2, -0.15) is 0 Å². The van der Waals surface area contributed by atoms with Crippen LogP contribution in [0.15, 0.2) is 48.5 Å². The van der Waals surface area contributed by atoms with Gasteiger partial charge >= 0.3 is 0 Å². The predicted molar refractivity (Wildman–Crippen MR) is 199 cm³/mol. The van der Waals surface area contributed by atoms with Crippen LogP contribution in [-0.2, 0) is 24.2 Å². The number of hydrogen-bond acceptors (Lipinski definition) is 13. The zero-order valence-corrected chi connectivity index (χ0v) is 30.9. The number of ether oxygens (including phenoxy) is 1. The summed E-state index contributed by atoms with van der Waals surface area (Å²) in [4.78, 5) is 64.3. The molecule has 6 N–H and O–H groups in total. The maximum absolute atomic E-state index is 13.3. The second-order valence-electron chi connectivity index (χ2n) is 14.8. The highest BCUT2D eigenvalue weighted by Gasteiger charge is 2.60. The number of amides is 5. The number of nitrogens with one attached hydrogen (secondary N) is 3. The van der Waals surface area contributed by atoms with E-state index in [2.05, 4.69) is 26.1 Å². The average Bonchev–Trinajstić information content (AvgIpc) is 3.78. The topological polar surface area (TPSA) is 240 Å². The van der Waals surface area contributed by atoms with E-state index < -0.39 is 44.9 Å². The lowest BCUT2D eigenvalue weighted by atomic mass is 9.68. The Bertz CT molecular complexity index is 2150. The Morgan fingerprint density at radius 2 is 1.73 bits per heavy atom. The van der Waals surface area contributed by atoms with E-state index in [1.807, 2.05) is 0 Å². The summed E-state index contributed by atoms with van der Waals surface area (Å²) in [7, 11) is -3.38. The van der Waals surface area contributed by atoms with E-state index in [0.29, 0.717) is 61.0 Å². The fourth-order valence-corrected chi connectivity index (χ4v) is 9.65. The number of rotatable bonds is 16. The van der Waals surface area contributed by atoms with Crippen molar-refractivity contribution in [3.05, 3.63) is 59.7 Å². The normalized spacial score (nSPS) is 22.9. The molecule has 0 spiro atoms. The Morgan fingerprint density at radius 1 is 0.964 bits per heavy atom. The smallest absolute Gasteiger partial charge is 0.264 e. The van der Waals surface area contributed by atoms with E-state index in [0.717, 1.165) is 17.7 Å². The summed E-state index contributed by atoms with van der Waals surface area (Å²) < 4.78 is 31.6. The number of aromatic hydroxyl groups is 1. The number of sulfone groups is 1. The fraction of sp³-hybridized carbons (Fsp3) is 0.447. The molecule has 3 aromatic rings. The highest BCUT2D eigenvalue weighted by molar-refractivity contribution is 7.91. The second-order valence-corrected chi connectivity index (χ2v) is 17.1. The standard InChI is InChI=1S/C38H43N7O9S/c39-33-30(17-27(43-44-33)24-7-1-2-10-29(24)46)54-21-23-20-38(18-22(23)19-38)37(51)41-13-3-4-15-55(52,53)16-6-14-40-26-9-5-8-25-32(26)36(50)45(35(25)49)28-11-12-31(47)42-34(28)48/h1-2,5,7-10,17,22-23,28,40,46H,3-4,6,11-16,18-21H2,(H2,39,44)(H,41,51)(H,42,47,48). The minimum atomic E-state index is -3.38. The Hall–Kier alpha value is -5.58. The Kier molecular flexibility index (Phi) is 10.5. The number of carbonyl (C=O) groups is 5. The van der Waals surface area contributed by atoms with Gasteiger partial charge in [-0.05, 0) is 81.0 Å². The number of unbranched alkanes of at least 4 members (excludes halogenated alkanes) is 1. The molecule has 4 fully saturated rings. The van der Waals surface area contributed by atoms with E-state index in [1.54, 1.807) is 42.5 Å².